The van der Waals surface area contributed by atoms with E-state index in [2.05, 4.69) is 22.0 Å². The number of nitrogens with one attached hydrogen (secondary N) is 3. The highest BCUT2D eigenvalue weighted by atomic mass is 16.5. The molecule has 1 aromatic rings. The monoisotopic (exact) mass is 317 g/mol. The SMILES string of the molecule is C[C@@H](NC(=O)NC[C@H]1CCCO1)c1ccc2c(c1)CCC(=O)N2. The zero-order valence-corrected chi connectivity index (χ0v) is 13.4. The summed E-state index contributed by atoms with van der Waals surface area (Å²) in [5.41, 5.74) is 3.03. The van der Waals surface area contributed by atoms with Crippen molar-refractivity contribution in [2.45, 2.75) is 44.8 Å². The highest BCUT2D eigenvalue weighted by molar-refractivity contribution is 5.93. The molecular weight excluding hydrogens is 294 g/mol. The zero-order chi connectivity index (χ0) is 16.2. The highest BCUT2D eigenvalue weighted by Crippen LogP contribution is 2.26. The summed E-state index contributed by atoms with van der Waals surface area (Å²) >= 11 is 0. The number of urea groups is 1. The van der Waals surface area contributed by atoms with Crippen LogP contribution in [-0.2, 0) is 16.0 Å². The number of anilines is 1. The molecule has 1 aromatic carbocycles. The minimum Gasteiger partial charge on any atom is -0.376 e. The second-order valence-corrected chi connectivity index (χ2v) is 6.18. The lowest BCUT2D eigenvalue weighted by Gasteiger charge is -2.21. The Bertz CT molecular complexity index is 597. The first-order chi connectivity index (χ1) is 11.1. The molecule has 3 rings (SSSR count). The molecule has 1 saturated heterocycles. The number of hydrogen-bond acceptors (Lipinski definition) is 3. The maximum Gasteiger partial charge on any atom is 0.315 e. The van der Waals surface area contributed by atoms with Crippen LogP contribution in [0.2, 0.25) is 0 Å². The summed E-state index contributed by atoms with van der Waals surface area (Å²) < 4.78 is 5.49. The van der Waals surface area contributed by atoms with Gasteiger partial charge in [0.15, 0.2) is 0 Å². The molecule has 23 heavy (non-hydrogen) atoms. The largest absolute Gasteiger partial charge is 0.376 e. The van der Waals surface area contributed by atoms with Crippen LogP contribution < -0.4 is 16.0 Å². The highest BCUT2D eigenvalue weighted by Gasteiger charge is 2.19. The first-order valence-electron chi connectivity index (χ1n) is 8.20. The predicted octanol–water partition coefficient (Wildman–Crippen LogP) is 2.11. The van der Waals surface area contributed by atoms with Crippen LogP contribution in [0.1, 0.15) is 43.4 Å². The molecule has 0 aliphatic carbocycles. The zero-order valence-electron chi connectivity index (χ0n) is 13.4. The number of carbonyl (C=O) groups excluding carboxylic acids is 2. The van der Waals surface area contributed by atoms with Gasteiger partial charge in [-0.05, 0) is 43.4 Å². The minimum absolute atomic E-state index is 0.0601. The van der Waals surface area contributed by atoms with Crippen molar-refractivity contribution in [1.29, 1.82) is 0 Å². The average Bonchev–Trinajstić information content (AvgIpc) is 3.05. The molecule has 2 aliphatic rings. The summed E-state index contributed by atoms with van der Waals surface area (Å²) in [5, 5.41) is 8.67. The van der Waals surface area contributed by atoms with Gasteiger partial charge >= 0.3 is 6.03 Å². The van der Waals surface area contributed by atoms with E-state index >= 15 is 0 Å². The van der Waals surface area contributed by atoms with E-state index in [0.29, 0.717) is 13.0 Å². The Morgan fingerprint density at radius 3 is 3.09 bits per heavy atom. The average molecular weight is 317 g/mol. The Kier molecular flexibility index (Phi) is 4.81. The number of rotatable bonds is 4. The van der Waals surface area contributed by atoms with Crippen LogP contribution in [-0.4, -0.2) is 31.2 Å². The molecule has 1 fully saturated rings. The van der Waals surface area contributed by atoms with Crippen molar-refractivity contribution in [3.8, 4) is 0 Å². The second kappa shape index (κ2) is 7.00. The van der Waals surface area contributed by atoms with Crippen molar-refractivity contribution in [2.24, 2.45) is 0 Å². The fraction of sp³-hybridized carbons (Fsp3) is 0.529. The van der Waals surface area contributed by atoms with Gasteiger partial charge in [0.1, 0.15) is 0 Å². The van der Waals surface area contributed by atoms with E-state index in [-0.39, 0.29) is 24.1 Å². The fourth-order valence-electron chi connectivity index (χ4n) is 3.02. The molecule has 0 unspecified atom stereocenters. The van der Waals surface area contributed by atoms with E-state index in [1.807, 2.05) is 19.1 Å². The number of fused-ring (bicyclic) bond motifs is 1. The summed E-state index contributed by atoms with van der Waals surface area (Å²) in [4.78, 5) is 23.4. The van der Waals surface area contributed by atoms with E-state index in [0.717, 1.165) is 42.7 Å². The molecule has 0 bridgehead atoms. The van der Waals surface area contributed by atoms with Crippen LogP contribution in [0.15, 0.2) is 18.2 Å². The quantitative estimate of drug-likeness (QED) is 0.796. The van der Waals surface area contributed by atoms with Crippen LogP contribution in [0.5, 0.6) is 0 Å². The van der Waals surface area contributed by atoms with Gasteiger partial charge in [-0.3, -0.25) is 4.79 Å². The van der Waals surface area contributed by atoms with Crippen molar-refractivity contribution < 1.29 is 14.3 Å². The van der Waals surface area contributed by atoms with Crippen molar-refractivity contribution in [3.63, 3.8) is 0 Å². The third-order valence-corrected chi connectivity index (χ3v) is 4.39. The first-order valence-corrected chi connectivity index (χ1v) is 8.20. The lowest BCUT2D eigenvalue weighted by molar-refractivity contribution is -0.116. The Hall–Kier alpha value is -2.08. The second-order valence-electron chi connectivity index (χ2n) is 6.18. The molecule has 124 valence electrons. The smallest absolute Gasteiger partial charge is 0.315 e. The van der Waals surface area contributed by atoms with Gasteiger partial charge in [-0.25, -0.2) is 4.79 Å². The van der Waals surface area contributed by atoms with Gasteiger partial charge < -0.3 is 20.7 Å². The van der Waals surface area contributed by atoms with Gasteiger partial charge in [-0.15, -0.1) is 0 Å². The third kappa shape index (κ3) is 4.01. The van der Waals surface area contributed by atoms with E-state index in [9.17, 15) is 9.59 Å². The molecular formula is C17H23N3O3. The number of ether oxygens (including phenoxy) is 1. The Labute approximate surface area is 136 Å². The Morgan fingerprint density at radius 1 is 1.43 bits per heavy atom. The van der Waals surface area contributed by atoms with Crippen LogP contribution in [0.3, 0.4) is 0 Å². The number of amides is 3. The van der Waals surface area contributed by atoms with E-state index < -0.39 is 0 Å². The summed E-state index contributed by atoms with van der Waals surface area (Å²) in [5.74, 6) is 0.0601. The first kappa shape index (κ1) is 15.8. The molecule has 0 spiro atoms. The molecule has 6 heteroatoms. The van der Waals surface area contributed by atoms with Crippen molar-refractivity contribution >= 4 is 17.6 Å². The van der Waals surface area contributed by atoms with Gasteiger partial charge in [0.2, 0.25) is 5.91 Å². The summed E-state index contributed by atoms with van der Waals surface area (Å²) in [6, 6.07) is 5.63. The van der Waals surface area contributed by atoms with E-state index in [1.165, 1.54) is 0 Å². The lowest BCUT2D eigenvalue weighted by atomic mass is 9.98. The third-order valence-electron chi connectivity index (χ3n) is 4.39. The molecule has 2 atom stereocenters. The Balaban J connectivity index is 1.54. The lowest BCUT2D eigenvalue weighted by Crippen LogP contribution is -2.40. The van der Waals surface area contributed by atoms with Crippen molar-refractivity contribution in [3.05, 3.63) is 29.3 Å². The minimum atomic E-state index is -0.181. The fourth-order valence-corrected chi connectivity index (χ4v) is 3.02. The maximum absolute atomic E-state index is 12.0. The van der Waals surface area contributed by atoms with Gasteiger partial charge in [-0.2, -0.15) is 0 Å². The van der Waals surface area contributed by atoms with E-state index in [1.54, 1.807) is 0 Å². The number of carbonyl (C=O) groups is 2. The summed E-state index contributed by atoms with van der Waals surface area (Å²) in [7, 11) is 0. The normalized spacial score (nSPS) is 21.3. The Morgan fingerprint density at radius 2 is 2.30 bits per heavy atom. The standard InChI is InChI=1S/C17H23N3O3/c1-11(19-17(22)18-10-14-3-2-8-23-14)12-4-6-15-13(9-12)5-7-16(21)20-15/h4,6,9,11,14H,2-3,5,7-8,10H2,1H3,(H,20,21)(H2,18,19,22)/t11-,14-/m1/s1. The van der Waals surface area contributed by atoms with Crippen LogP contribution >= 0.6 is 0 Å². The van der Waals surface area contributed by atoms with Gasteiger partial charge in [-0.1, -0.05) is 12.1 Å². The topological polar surface area (TPSA) is 79.5 Å². The number of hydrogen-bond donors (Lipinski definition) is 3. The van der Waals surface area contributed by atoms with Crippen LogP contribution in [0, 0.1) is 0 Å². The van der Waals surface area contributed by atoms with Gasteiger partial charge in [0.25, 0.3) is 0 Å². The van der Waals surface area contributed by atoms with Crippen molar-refractivity contribution in [2.75, 3.05) is 18.5 Å². The molecule has 3 N–H and O–H groups in total. The van der Waals surface area contributed by atoms with Crippen LogP contribution in [0.4, 0.5) is 10.5 Å². The number of benzene rings is 1. The molecule has 3 amide bonds. The molecule has 2 heterocycles. The summed E-state index contributed by atoms with van der Waals surface area (Å²) in [6.07, 6.45) is 3.47. The molecule has 0 aromatic heterocycles. The molecule has 2 aliphatic heterocycles. The van der Waals surface area contributed by atoms with Gasteiger partial charge in [0, 0.05) is 25.3 Å². The van der Waals surface area contributed by atoms with Crippen LogP contribution in [0.25, 0.3) is 0 Å². The van der Waals surface area contributed by atoms with Crippen molar-refractivity contribution in [1.82, 2.24) is 10.6 Å². The van der Waals surface area contributed by atoms with E-state index in [4.69, 9.17) is 4.74 Å². The van der Waals surface area contributed by atoms with Gasteiger partial charge in [0.05, 0.1) is 12.1 Å². The molecule has 0 saturated carbocycles. The number of aryl methyl sites for hydroxylation is 1. The summed E-state index contributed by atoms with van der Waals surface area (Å²) in [6.45, 7) is 3.29. The molecule has 0 radical (unpaired) electrons. The predicted molar refractivity (Wildman–Crippen MR) is 87.3 cm³/mol. The maximum atomic E-state index is 12.0. The molecule has 6 nitrogen and oxygen atoms in total.